The number of hydrogen-bond acceptors (Lipinski definition) is 3. The molecule has 1 saturated heterocycles. The first kappa shape index (κ1) is 21.5. The molecule has 3 rings (SSSR count). The minimum Gasteiger partial charge on any atom is -0.458 e. The van der Waals surface area contributed by atoms with Crippen LogP contribution < -0.4 is 0 Å². The molecule has 0 spiro atoms. The molecule has 1 aliphatic heterocycles. The van der Waals surface area contributed by atoms with E-state index in [9.17, 15) is 9.59 Å². The Hall–Kier alpha value is -2.16. The van der Waals surface area contributed by atoms with Crippen LogP contribution in [0.1, 0.15) is 64.9 Å². The van der Waals surface area contributed by atoms with Crippen molar-refractivity contribution >= 4 is 11.8 Å². The number of rotatable bonds is 8. The van der Waals surface area contributed by atoms with Gasteiger partial charge in [0, 0.05) is 12.3 Å². The number of hydrogen-bond donors (Lipinski definition) is 0. The Bertz CT molecular complexity index is 756. The average molecular weight is 395 g/mol. The molecule has 0 radical (unpaired) electrons. The molecular formula is C26H34O3. The van der Waals surface area contributed by atoms with Gasteiger partial charge in [0.15, 0.2) is 5.78 Å². The van der Waals surface area contributed by atoms with Gasteiger partial charge in [-0.05, 0) is 43.6 Å². The quantitative estimate of drug-likeness (QED) is 0.411. The summed E-state index contributed by atoms with van der Waals surface area (Å²) in [6.45, 7) is 6.33. The molecule has 3 unspecified atom stereocenters. The fourth-order valence-corrected chi connectivity index (χ4v) is 5.00. The third-order valence-corrected chi connectivity index (χ3v) is 6.46. The molecule has 1 aromatic rings. The Morgan fingerprint density at radius 2 is 1.90 bits per heavy atom. The molecule has 1 aliphatic carbocycles. The summed E-state index contributed by atoms with van der Waals surface area (Å²) in [5.74, 6) is -0.484. The van der Waals surface area contributed by atoms with E-state index >= 15 is 0 Å². The van der Waals surface area contributed by atoms with Gasteiger partial charge in [-0.15, -0.1) is 0 Å². The lowest BCUT2D eigenvalue weighted by atomic mass is 9.72. The minimum absolute atomic E-state index is 0.0452. The number of carbonyl (C=O) groups is 2. The van der Waals surface area contributed by atoms with E-state index in [0.29, 0.717) is 18.8 Å². The van der Waals surface area contributed by atoms with Crippen LogP contribution in [0.25, 0.3) is 0 Å². The Balaban J connectivity index is 1.77. The second-order valence-electron chi connectivity index (χ2n) is 8.78. The van der Waals surface area contributed by atoms with Crippen molar-refractivity contribution in [2.75, 3.05) is 0 Å². The zero-order valence-electron chi connectivity index (χ0n) is 18.0. The Morgan fingerprint density at radius 1 is 1.14 bits per heavy atom. The number of Topliss-reactive ketones (excluding diaryl/α,β-unsaturated/α-hetero) is 1. The highest BCUT2D eigenvalue weighted by Gasteiger charge is 2.49. The molecule has 1 fully saturated rings. The minimum atomic E-state index is -0.651. The molecule has 0 bridgehead atoms. The van der Waals surface area contributed by atoms with E-state index in [1.165, 1.54) is 11.1 Å². The second kappa shape index (κ2) is 9.56. The Morgan fingerprint density at radius 3 is 2.52 bits per heavy atom. The predicted octanol–water partition coefficient (Wildman–Crippen LogP) is 5.84. The van der Waals surface area contributed by atoms with Gasteiger partial charge in [-0.1, -0.05) is 81.3 Å². The highest BCUT2D eigenvalue weighted by atomic mass is 16.6. The highest BCUT2D eigenvalue weighted by Crippen LogP contribution is 2.41. The summed E-state index contributed by atoms with van der Waals surface area (Å²) < 4.78 is 6.11. The van der Waals surface area contributed by atoms with Gasteiger partial charge in [0.2, 0.25) is 0 Å². The van der Waals surface area contributed by atoms with Gasteiger partial charge in [-0.25, -0.2) is 0 Å². The van der Waals surface area contributed by atoms with Crippen molar-refractivity contribution in [2.45, 2.75) is 71.3 Å². The third-order valence-electron chi connectivity index (χ3n) is 6.46. The number of benzene rings is 1. The smallest absolute Gasteiger partial charge is 0.317 e. The molecule has 4 atom stereocenters. The Labute approximate surface area is 175 Å². The summed E-state index contributed by atoms with van der Waals surface area (Å²) in [6.07, 6.45) is 11.5. The van der Waals surface area contributed by atoms with E-state index < -0.39 is 11.5 Å². The van der Waals surface area contributed by atoms with Gasteiger partial charge in [-0.2, -0.15) is 0 Å². The Kier molecular flexibility index (Phi) is 7.10. The summed E-state index contributed by atoms with van der Waals surface area (Å²) >= 11 is 0. The molecule has 3 heteroatoms. The van der Waals surface area contributed by atoms with Gasteiger partial charge in [0.1, 0.15) is 11.5 Å². The molecule has 2 aliphatic rings. The van der Waals surface area contributed by atoms with Crippen molar-refractivity contribution in [3.8, 4) is 0 Å². The monoisotopic (exact) mass is 394 g/mol. The number of ether oxygens (including phenoxy) is 1. The van der Waals surface area contributed by atoms with Gasteiger partial charge in [0.25, 0.3) is 0 Å². The number of allylic oxidation sites excluding steroid dienone is 4. The van der Waals surface area contributed by atoms with Crippen LogP contribution in [0.4, 0.5) is 0 Å². The molecule has 1 aromatic carbocycles. The van der Waals surface area contributed by atoms with Crippen molar-refractivity contribution in [1.82, 2.24) is 0 Å². The molecule has 0 N–H and O–H groups in total. The zero-order valence-corrected chi connectivity index (χ0v) is 18.0. The van der Waals surface area contributed by atoms with Crippen molar-refractivity contribution in [3.05, 3.63) is 59.7 Å². The van der Waals surface area contributed by atoms with Crippen LogP contribution in [0, 0.1) is 17.8 Å². The second-order valence-corrected chi connectivity index (χ2v) is 8.78. The molecule has 0 amide bonds. The van der Waals surface area contributed by atoms with E-state index in [1.54, 1.807) is 0 Å². The lowest BCUT2D eigenvalue weighted by Gasteiger charge is -2.41. The van der Waals surface area contributed by atoms with Crippen LogP contribution in [0.2, 0.25) is 0 Å². The third kappa shape index (κ3) is 5.07. The first-order valence-corrected chi connectivity index (χ1v) is 11.1. The fraction of sp³-hybridized carbons (Fsp3) is 0.538. The highest BCUT2D eigenvalue weighted by molar-refractivity contribution is 6.02. The molecule has 156 valence electrons. The first-order valence-electron chi connectivity index (χ1n) is 11.1. The maximum atomic E-state index is 13.3. The normalized spacial score (nSPS) is 28.0. The predicted molar refractivity (Wildman–Crippen MR) is 116 cm³/mol. The summed E-state index contributed by atoms with van der Waals surface area (Å²) in [5, 5.41) is 0. The number of aryl methyl sites for hydroxylation is 1. The van der Waals surface area contributed by atoms with Crippen LogP contribution in [0.15, 0.2) is 54.1 Å². The van der Waals surface area contributed by atoms with Gasteiger partial charge in [0.05, 0.1) is 0 Å². The largest absolute Gasteiger partial charge is 0.458 e. The van der Waals surface area contributed by atoms with Gasteiger partial charge in [-0.3, -0.25) is 9.59 Å². The summed E-state index contributed by atoms with van der Waals surface area (Å²) in [4.78, 5) is 26.4. The molecule has 29 heavy (non-hydrogen) atoms. The van der Waals surface area contributed by atoms with Crippen LogP contribution in [-0.2, 0) is 20.7 Å². The summed E-state index contributed by atoms with van der Waals surface area (Å²) in [7, 11) is 0. The topological polar surface area (TPSA) is 43.4 Å². The number of ketones is 1. The van der Waals surface area contributed by atoms with E-state index in [2.05, 4.69) is 51.1 Å². The number of esters is 1. The molecule has 1 heterocycles. The van der Waals surface area contributed by atoms with E-state index in [0.717, 1.165) is 32.1 Å². The summed E-state index contributed by atoms with van der Waals surface area (Å²) in [5.41, 5.74) is 1.78. The van der Waals surface area contributed by atoms with Crippen molar-refractivity contribution in [3.63, 3.8) is 0 Å². The van der Waals surface area contributed by atoms with Crippen LogP contribution in [-0.4, -0.2) is 17.4 Å². The van der Waals surface area contributed by atoms with Crippen LogP contribution in [0.3, 0.4) is 0 Å². The van der Waals surface area contributed by atoms with Crippen molar-refractivity contribution in [2.24, 2.45) is 17.8 Å². The maximum Gasteiger partial charge on any atom is 0.317 e. The van der Waals surface area contributed by atoms with Crippen molar-refractivity contribution in [1.29, 1.82) is 0 Å². The van der Waals surface area contributed by atoms with Crippen molar-refractivity contribution < 1.29 is 14.3 Å². The molecular weight excluding hydrogens is 360 g/mol. The molecule has 0 aromatic heterocycles. The molecule has 3 nitrogen and oxygen atoms in total. The number of carbonyl (C=O) groups excluding carboxylic acids is 2. The number of cyclic esters (lactones) is 1. The average Bonchev–Trinajstić information content (AvgIpc) is 2.70. The standard InChI is InChI=1S/C26H34O3/c1-4-15-26(16-14-20-11-7-6-8-12-20)18-23(27)24(25(28)29-26)22(5-2)21-13-9-10-19(3)17-21/h6-13,19,22,24H,4-5,14-18H2,1-3H3/t19?,22?,24?,26-/m1/s1. The fourth-order valence-electron chi connectivity index (χ4n) is 5.00. The van der Waals surface area contributed by atoms with E-state index in [1.807, 2.05) is 18.2 Å². The zero-order chi connectivity index (χ0) is 20.9. The SMILES string of the molecule is CCC[C@@]1(CCc2ccccc2)CC(=O)C(C(CC)C2=CC=CC(C)C2)C(=O)O1. The van der Waals surface area contributed by atoms with E-state index in [-0.39, 0.29) is 17.7 Å². The first-order chi connectivity index (χ1) is 14.0. The van der Waals surface area contributed by atoms with Gasteiger partial charge >= 0.3 is 5.97 Å². The molecule has 0 saturated carbocycles. The lowest BCUT2D eigenvalue weighted by molar-refractivity contribution is -0.181. The van der Waals surface area contributed by atoms with Gasteiger partial charge < -0.3 is 4.74 Å². The summed E-state index contributed by atoms with van der Waals surface area (Å²) in [6, 6.07) is 10.2. The van der Waals surface area contributed by atoms with Crippen LogP contribution in [0.5, 0.6) is 0 Å². The van der Waals surface area contributed by atoms with E-state index in [4.69, 9.17) is 4.74 Å². The maximum absolute atomic E-state index is 13.3. The lowest BCUT2D eigenvalue weighted by Crippen LogP contribution is -2.50. The van der Waals surface area contributed by atoms with Crippen LogP contribution >= 0.6 is 0 Å².